The summed E-state index contributed by atoms with van der Waals surface area (Å²) in [6.45, 7) is 20.4. The Morgan fingerprint density at radius 2 is 0.844 bits per heavy atom. The topological polar surface area (TPSA) is 11.4 Å². The van der Waals surface area contributed by atoms with Crippen molar-refractivity contribution >= 4 is 142 Å². The van der Waals surface area contributed by atoms with Gasteiger partial charge in [-0.15, -0.1) is 22.7 Å². The second-order valence-corrected chi connectivity index (χ2v) is 31.4. The van der Waals surface area contributed by atoms with Crippen LogP contribution in [-0.2, 0) is 16.2 Å². The zero-order chi connectivity index (χ0) is 69.4. The standard InChI is InChI=1S/C90H72BN3S2/c1-88(2,3)60-40-46-76-71(50-60)72-51-61(89(4,5)6)41-47-77(72)92(76)63-42-44-74-80(54-63)93(75-45-39-58(55-24-13-10-14-25-55)48-70(75)57-28-17-12-18-29-57)81-52-62(90(7,8)9)53-82-84(81)91(74)73-43-38-59(56-26-15-11-16-27-56)49-79(73)94(82)78-36-23-35-69-68-34-22-33-67(86(68)96-87(69)78)66-32-21-31-65-64-30-19-20-37-83(64)95-85(65)66/h10-54H,1-9H3/i11D,15D,16D,26D,27D. The van der Waals surface area contributed by atoms with Crippen molar-refractivity contribution in [3.63, 3.8) is 0 Å². The first kappa shape index (κ1) is 53.1. The lowest BCUT2D eigenvalue weighted by Crippen LogP contribution is -2.61. The number of thiophene rings is 2. The highest BCUT2D eigenvalue weighted by Gasteiger charge is 2.45. The van der Waals surface area contributed by atoms with Gasteiger partial charge in [-0.05, 0) is 156 Å². The van der Waals surface area contributed by atoms with Crippen LogP contribution in [0, 0.1) is 0 Å². The van der Waals surface area contributed by atoms with Gasteiger partial charge in [0.05, 0.1) is 34.0 Å². The average Bonchev–Trinajstić information content (AvgIpc) is 0.853. The van der Waals surface area contributed by atoms with E-state index in [1.165, 1.54) is 63.3 Å². The SMILES string of the molecule is [2H]c1c([2H])c([2H])c(-c2ccc3c(c2)N(c2cccc4c2sc2c(-c5cccc6c5sc5ccccc56)cccc24)c2cc(C(C)(C)C)cc4c2B3c2ccc(-n3c5ccc(C(C)(C)C)cc5c5cc(C(C)(C)C)ccc53)cc2N4c2ccc(-c3ccccc3)cc2-c2ccccc2)c([2H])c1[2H]. The Morgan fingerprint density at radius 1 is 0.323 bits per heavy atom. The number of rotatable bonds is 7. The molecule has 2 aliphatic rings. The van der Waals surface area contributed by atoms with Gasteiger partial charge in [0.2, 0.25) is 0 Å². The van der Waals surface area contributed by atoms with Crippen LogP contribution >= 0.6 is 22.7 Å². The zero-order valence-corrected chi connectivity index (χ0v) is 57.0. The fourth-order valence-corrected chi connectivity index (χ4v) is 18.0. The van der Waals surface area contributed by atoms with Crippen molar-refractivity contribution in [1.82, 2.24) is 4.57 Å². The Kier molecular flexibility index (Phi) is 12.0. The van der Waals surface area contributed by atoms with Crippen molar-refractivity contribution in [2.24, 2.45) is 0 Å². The quantitative estimate of drug-likeness (QED) is 0.147. The summed E-state index contributed by atoms with van der Waals surface area (Å²) in [4.78, 5) is 5.04. The number of hydrogen-bond acceptors (Lipinski definition) is 4. The summed E-state index contributed by atoms with van der Waals surface area (Å²) in [5.74, 6) is 0. The molecule has 96 heavy (non-hydrogen) atoms. The van der Waals surface area contributed by atoms with Crippen LogP contribution in [0.3, 0.4) is 0 Å². The number of anilines is 6. The third-order valence-electron chi connectivity index (χ3n) is 20.3. The molecule has 0 spiro atoms. The first-order valence-corrected chi connectivity index (χ1v) is 35.1. The minimum absolute atomic E-state index is 0.0769. The van der Waals surface area contributed by atoms with E-state index in [0.29, 0.717) is 5.56 Å². The number of aromatic nitrogens is 1. The van der Waals surface area contributed by atoms with Crippen LogP contribution in [0.15, 0.2) is 273 Å². The Morgan fingerprint density at radius 3 is 1.49 bits per heavy atom. The predicted molar refractivity (Wildman–Crippen MR) is 418 cm³/mol. The Bertz CT molecular complexity index is 6090. The lowest BCUT2D eigenvalue weighted by molar-refractivity contribution is 0.590. The minimum Gasteiger partial charge on any atom is -0.311 e. The van der Waals surface area contributed by atoms with E-state index >= 15 is 0 Å². The molecule has 0 saturated carbocycles. The van der Waals surface area contributed by atoms with E-state index in [0.717, 1.165) is 105 Å². The van der Waals surface area contributed by atoms with Gasteiger partial charge in [-0.25, -0.2) is 0 Å². The van der Waals surface area contributed by atoms with Gasteiger partial charge in [-0.3, -0.25) is 0 Å². The van der Waals surface area contributed by atoms with Crippen LogP contribution in [0.4, 0.5) is 34.1 Å². The lowest BCUT2D eigenvalue weighted by Gasteiger charge is -2.45. The van der Waals surface area contributed by atoms with E-state index in [2.05, 4.69) is 313 Å². The molecule has 462 valence electrons. The molecule has 0 radical (unpaired) electrons. The first-order valence-electron chi connectivity index (χ1n) is 35.9. The van der Waals surface area contributed by atoms with Crippen LogP contribution in [0.5, 0.6) is 0 Å². The van der Waals surface area contributed by atoms with Gasteiger partial charge >= 0.3 is 0 Å². The van der Waals surface area contributed by atoms with Crippen LogP contribution in [-0.4, -0.2) is 11.3 Å². The van der Waals surface area contributed by atoms with Crippen molar-refractivity contribution in [3.8, 4) is 50.2 Å². The fourth-order valence-electron chi connectivity index (χ4n) is 15.4. The zero-order valence-electron chi connectivity index (χ0n) is 60.3. The number of fused-ring (bicyclic) bond motifs is 13. The summed E-state index contributed by atoms with van der Waals surface area (Å²) in [5, 5.41) is 7.27. The third-order valence-corrected chi connectivity index (χ3v) is 22.8. The molecule has 6 heteroatoms. The largest absolute Gasteiger partial charge is 0.311 e. The minimum atomic E-state index is -0.419. The summed E-state index contributed by atoms with van der Waals surface area (Å²) >= 11 is 3.67. The fraction of sp³-hybridized carbons (Fsp3) is 0.133. The maximum Gasteiger partial charge on any atom is 0.252 e. The van der Waals surface area contributed by atoms with E-state index in [1.807, 2.05) is 28.7 Å². The maximum absolute atomic E-state index is 9.50. The van der Waals surface area contributed by atoms with Crippen LogP contribution in [0.1, 0.15) is 85.9 Å². The van der Waals surface area contributed by atoms with Gasteiger partial charge < -0.3 is 14.4 Å². The number of nitrogens with zero attached hydrogens (tertiary/aromatic N) is 3. The van der Waals surface area contributed by atoms with Gasteiger partial charge in [0.15, 0.2) is 0 Å². The Balaban J connectivity index is 0.957. The second kappa shape index (κ2) is 21.6. The molecule has 0 bridgehead atoms. The molecule has 3 nitrogen and oxygen atoms in total. The van der Waals surface area contributed by atoms with E-state index in [1.54, 1.807) is 0 Å². The molecule has 0 saturated heterocycles. The van der Waals surface area contributed by atoms with Gasteiger partial charge in [-0.2, -0.15) is 0 Å². The molecule has 0 unspecified atom stereocenters. The summed E-state index contributed by atoms with van der Waals surface area (Å²) < 4.78 is 53.1. The second-order valence-electron chi connectivity index (χ2n) is 29.3. The molecule has 0 fully saturated rings. The number of hydrogen-bond donors (Lipinski definition) is 0. The molecule has 18 rings (SSSR count). The molecule has 2 aliphatic heterocycles. The summed E-state index contributed by atoms with van der Waals surface area (Å²) in [5.41, 5.74) is 23.3. The van der Waals surface area contributed by atoms with Crippen molar-refractivity contribution in [1.29, 1.82) is 0 Å². The van der Waals surface area contributed by atoms with E-state index in [4.69, 9.17) is 4.11 Å². The van der Waals surface area contributed by atoms with E-state index in [-0.39, 0.29) is 52.7 Å². The third kappa shape index (κ3) is 9.20. The predicted octanol–water partition coefficient (Wildman–Crippen LogP) is 24.2. The number of benzene rings is 13. The first-order chi connectivity index (χ1) is 48.6. The van der Waals surface area contributed by atoms with Gasteiger partial charge in [-0.1, -0.05) is 256 Å². The van der Waals surface area contributed by atoms with Crippen LogP contribution in [0.25, 0.3) is 112 Å². The average molecular weight is 1280 g/mol. The van der Waals surface area contributed by atoms with Crippen LogP contribution in [0.2, 0.25) is 0 Å². The summed E-state index contributed by atoms with van der Waals surface area (Å²) in [6.07, 6.45) is 0. The molecule has 0 aliphatic carbocycles. The molecule has 0 atom stereocenters. The smallest absolute Gasteiger partial charge is 0.252 e. The highest BCUT2D eigenvalue weighted by Crippen LogP contribution is 2.54. The molecular formula is C90H72BN3S2. The molecule has 5 heterocycles. The molecule has 16 aromatic rings. The van der Waals surface area contributed by atoms with Gasteiger partial charge in [0.1, 0.15) is 0 Å². The Hall–Kier alpha value is -10.2. The molecule has 13 aromatic carbocycles. The molecular weight excluding hydrogens is 1200 g/mol. The van der Waals surface area contributed by atoms with Crippen molar-refractivity contribution < 1.29 is 6.85 Å². The maximum atomic E-state index is 9.50. The van der Waals surface area contributed by atoms with E-state index < -0.39 is 6.04 Å². The van der Waals surface area contributed by atoms with Crippen molar-refractivity contribution in [2.75, 3.05) is 9.80 Å². The lowest BCUT2D eigenvalue weighted by atomic mass is 9.33. The van der Waals surface area contributed by atoms with Crippen molar-refractivity contribution in [3.05, 3.63) is 290 Å². The highest BCUT2D eigenvalue weighted by atomic mass is 32.1. The highest BCUT2D eigenvalue weighted by molar-refractivity contribution is 7.27. The van der Waals surface area contributed by atoms with Crippen LogP contribution < -0.4 is 26.2 Å². The summed E-state index contributed by atoms with van der Waals surface area (Å²) in [7, 11) is 0. The molecule has 3 aromatic heterocycles. The normalized spacial score (nSPS) is 13.9. The van der Waals surface area contributed by atoms with Gasteiger partial charge in [0, 0.05) is 91.5 Å². The van der Waals surface area contributed by atoms with Gasteiger partial charge in [0.25, 0.3) is 6.71 Å². The Labute approximate surface area is 577 Å². The summed E-state index contributed by atoms with van der Waals surface area (Å²) in [6, 6.07) is 88.3. The molecule has 0 amide bonds. The molecule has 0 N–H and O–H groups in total. The monoisotopic (exact) mass is 1270 g/mol. The van der Waals surface area contributed by atoms with Crippen molar-refractivity contribution in [2.45, 2.75) is 78.6 Å². The van der Waals surface area contributed by atoms with E-state index in [9.17, 15) is 2.74 Å².